The molecule has 0 radical (unpaired) electrons. The van der Waals surface area contributed by atoms with Crippen LogP contribution in [0.2, 0.25) is 0 Å². The van der Waals surface area contributed by atoms with Crippen molar-refractivity contribution in [1.82, 2.24) is 0 Å². The SMILES string of the molecule is C=C1CCC[C@]2(C)CC[C@H](C(C)C)[C@H]([N-]C)[C@@H]12. The molecule has 2 aliphatic carbocycles. The second kappa shape index (κ2) is 4.76. The molecule has 2 fully saturated rings. The van der Waals surface area contributed by atoms with Gasteiger partial charge >= 0.3 is 0 Å². The Labute approximate surface area is 107 Å². The van der Waals surface area contributed by atoms with Crippen LogP contribution in [0.5, 0.6) is 0 Å². The van der Waals surface area contributed by atoms with Gasteiger partial charge in [0.25, 0.3) is 0 Å². The van der Waals surface area contributed by atoms with Gasteiger partial charge in [0.1, 0.15) is 0 Å². The van der Waals surface area contributed by atoms with Crippen LogP contribution in [0, 0.1) is 23.2 Å². The molecule has 0 aromatic carbocycles. The monoisotopic (exact) mass is 234 g/mol. The lowest BCUT2D eigenvalue weighted by molar-refractivity contribution is 0.0482. The van der Waals surface area contributed by atoms with Crippen molar-refractivity contribution >= 4 is 0 Å². The van der Waals surface area contributed by atoms with Gasteiger partial charge in [-0.25, -0.2) is 0 Å². The van der Waals surface area contributed by atoms with Crippen molar-refractivity contribution in [3.8, 4) is 0 Å². The number of hydrogen-bond acceptors (Lipinski definition) is 0. The summed E-state index contributed by atoms with van der Waals surface area (Å²) in [5.74, 6) is 2.18. The van der Waals surface area contributed by atoms with Crippen LogP contribution in [-0.2, 0) is 0 Å². The molecular weight excluding hydrogens is 206 g/mol. The van der Waals surface area contributed by atoms with E-state index in [9.17, 15) is 0 Å². The van der Waals surface area contributed by atoms with Gasteiger partial charge in [-0.2, -0.15) is 7.05 Å². The zero-order valence-corrected chi connectivity index (χ0v) is 12.0. The van der Waals surface area contributed by atoms with Gasteiger partial charge in [-0.1, -0.05) is 45.3 Å². The second-order valence-corrected chi connectivity index (χ2v) is 6.84. The van der Waals surface area contributed by atoms with Crippen molar-refractivity contribution in [2.75, 3.05) is 7.05 Å². The van der Waals surface area contributed by atoms with E-state index in [1.54, 1.807) is 0 Å². The molecular formula is C16H28N-. The van der Waals surface area contributed by atoms with E-state index in [-0.39, 0.29) is 0 Å². The topological polar surface area (TPSA) is 14.1 Å². The van der Waals surface area contributed by atoms with E-state index in [1.807, 2.05) is 7.05 Å². The normalized spacial score (nSPS) is 42.6. The van der Waals surface area contributed by atoms with Gasteiger partial charge in [0.15, 0.2) is 0 Å². The summed E-state index contributed by atoms with van der Waals surface area (Å²) in [5.41, 5.74) is 1.98. The minimum atomic E-state index is 0.491. The summed E-state index contributed by atoms with van der Waals surface area (Å²) < 4.78 is 0. The smallest absolute Gasteiger partial charge is 0.0274 e. The average Bonchev–Trinajstić information content (AvgIpc) is 2.26. The summed E-state index contributed by atoms with van der Waals surface area (Å²) in [5, 5.41) is 4.77. The van der Waals surface area contributed by atoms with Gasteiger partial charge in [0.05, 0.1) is 0 Å². The fraction of sp³-hybridized carbons (Fsp3) is 0.875. The predicted molar refractivity (Wildman–Crippen MR) is 75.2 cm³/mol. The molecule has 2 aliphatic rings. The molecule has 0 aromatic rings. The molecule has 1 nitrogen and oxygen atoms in total. The van der Waals surface area contributed by atoms with Crippen molar-refractivity contribution in [1.29, 1.82) is 0 Å². The molecule has 2 saturated carbocycles. The summed E-state index contributed by atoms with van der Waals surface area (Å²) in [4.78, 5) is 0. The Balaban J connectivity index is 2.28. The molecule has 1 heteroatoms. The molecule has 0 bridgehead atoms. The largest absolute Gasteiger partial charge is 0.662 e. The van der Waals surface area contributed by atoms with Crippen LogP contribution in [0.4, 0.5) is 0 Å². The predicted octanol–water partition coefficient (Wildman–Crippen LogP) is 4.79. The quantitative estimate of drug-likeness (QED) is 0.610. The first-order valence-electron chi connectivity index (χ1n) is 7.26. The average molecular weight is 234 g/mol. The van der Waals surface area contributed by atoms with Crippen LogP contribution in [0.3, 0.4) is 0 Å². The maximum Gasteiger partial charge on any atom is -0.0274 e. The van der Waals surface area contributed by atoms with Crippen molar-refractivity contribution in [3.05, 3.63) is 17.5 Å². The minimum absolute atomic E-state index is 0.491. The van der Waals surface area contributed by atoms with E-state index in [0.717, 1.165) is 11.8 Å². The van der Waals surface area contributed by atoms with Crippen molar-refractivity contribution in [2.24, 2.45) is 23.2 Å². The summed E-state index contributed by atoms with van der Waals surface area (Å²) in [7, 11) is 2.02. The molecule has 2 rings (SSSR count). The Hall–Kier alpha value is -0.300. The third-order valence-electron chi connectivity index (χ3n) is 5.42. The van der Waals surface area contributed by atoms with E-state index in [2.05, 4.69) is 27.4 Å². The maximum absolute atomic E-state index is 4.77. The van der Waals surface area contributed by atoms with Crippen LogP contribution < -0.4 is 0 Å². The molecule has 0 aliphatic heterocycles. The molecule has 0 N–H and O–H groups in total. The fourth-order valence-corrected chi connectivity index (χ4v) is 4.44. The van der Waals surface area contributed by atoms with Crippen LogP contribution in [-0.4, -0.2) is 13.1 Å². The van der Waals surface area contributed by atoms with Gasteiger partial charge in [0, 0.05) is 0 Å². The summed E-state index contributed by atoms with van der Waals surface area (Å²) >= 11 is 0. The lowest BCUT2D eigenvalue weighted by Gasteiger charge is -2.59. The number of fused-ring (bicyclic) bond motifs is 1. The van der Waals surface area contributed by atoms with Crippen molar-refractivity contribution < 1.29 is 0 Å². The summed E-state index contributed by atoms with van der Waals surface area (Å²) in [6, 6.07) is 0.529. The van der Waals surface area contributed by atoms with Crippen LogP contribution in [0.25, 0.3) is 5.32 Å². The molecule has 0 spiro atoms. The molecule has 98 valence electrons. The fourth-order valence-electron chi connectivity index (χ4n) is 4.44. The molecule has 17 heavy (non-hydrogen) atoms. The third kappa shape index (κ3) is 2.19. The Kier molecular flexibility index (Phi) is 3.68. The highest BCUT2D eigenvalue weighted by molar-refractivity contribution is 5.20. The highest BCUT2D eigenvalue weighted by Crippen LogP contribution is 2.55. The van der Waals surface area contributed by atoms with Gasteiger partial charge in [0.2, 0.25) is 0 Å². The van der Waals surface area contributed by atoms with Crippen molar-refractivity contribution in [3.63, 3.8) is 0 Å². The maximum atomic E-state index is 4.77. The first-order valence-corrected chi connectivity index (χ1v) is 7.26. The second-order valence-electron chi connectivity index (χ2n) is 6.84. The van der Waals surface area contributed by atoms with E-state index >= 15 is 0 Å². The number of hydrogen-bond donors (Lipinski definition) is 0. The third-order valence-corrected chi connectivity index (χ3v) is 5.42. The van der Waals surface area contributed by atoms with E-state index < -0.39 is 0 Å². The highest BCUT2D eigenvalue weighted by atomic mass is 14.9. The molecule has 0 aromatic heterocycles. The molecule has 0 heterocycles. The zero-order chi connectivity index (χ0) is 12.6. The van der Waals surface area contributed by atoms with Gasteiger partial charge < -0.3 is 5.32 Å². The van der Waals surface area contributed by atoms with E-state index in [4.69, 9.17) is 5.32 Å². The molecule has 0 unspecified atom stereocenters. The van der Waals surface area contributed by atoms with E-state index in [0.29, 0.717) is 17.4 Å². The highest BCUT2D eigenvalue weighted by Gasteiger charge is 2.45. The van der Waals surface area contributed by atoms with Crippen LogP contribution in [0.15, 0.2) is 12.2 Å². The van der Waals surface area contributed by atoms with Gasteiger partial charge in [-0.15, -0.1) is 6.04 Å². The lowest BCUT2D eigenvalue weighted by Crippen LogP contribution is -2.48. The first-order chi connectivity index (χ1) is 7.99. The summed E-state index contributed by atoms with van der Waals surface area (Å²) in [6.07, 6.45) is 6.70. The van der Waals surface area contributed by atoms with E-state index in [1.165, 1.54) is 37.7 Å². The molecule has 0 amide bonds. The Morgan fingerprint density at radius 3 is 2.65 bits per heavy atom. The Morgan fingerprint density at radius 1 is 1.35 bits per heavy atom. The van der Waals surface area contributed by atoms with Crippen molar-refractivity contribution in [2.45, 2.75) is 58.9 Å². The van der Waals surface area contributed by atoms with Crippen LogP contribution in [0.1, 0.15) is 52.9 Å². The number of rotatable bonds is 2. The Morgan fingerprint density at radius 2 is 2.06 bits per heavy atom. The standard InChI is InChI=1S/C16H28N/c1-11(2)13-8-10-16(4)9-6-7-12(3)14(16)15(13)17-5/h11,13-15H,3,6-10H2,1-2,4-5H3/q-1/t13-,14-,15+,16-/m1/s1. The molecule has 4 atom stereocenters. The summed E-state index contributed by atoms with van der Waals surface area (Å²) in [6.45, 7) is 11.6. The van der Waals surface area contributed by atoms with Gasteiger partial charge in [-0.3, -0.25) is 0 Å². The first kappa shape index (κ1) is 13.1. The lowest BCUT2D eigenvalue weighted by atomic mass is 9.53. The zero-order valence-electron chi connectivity index (χ0n) is 12.0. The van der Waals surface area contributed by atoms with Gasteiger partial charge in [-0.05, 0) is 42.9 Å². The molecule has 0 saturated heterocycles. The minimum Gasteiger partial charge on any atom is -0.662 e. The number of nitrogens with zero attached hydrogens (tertiary/aromatic N) is 1. The Bertz CT molecular complexity index is 294. The van der Waals surface area contributed by atoms with Crippen LogP contribution >= 0.6 is 0 Å².